The van der Waals surface area contributed by atoms with Crippen molar-refractivity contribution >= 4 is 6.03 Å². The molecule has 0 spiro atoms. The summed E-state index contributed by atoms with van der Waals surface area (Å²) in [5, 5.41) is 15.7. The van der Waals surface area contributed by atoms with Crippen molar-refractivity contribution in [2.45, 2.75) is 82.4 Å². The Morgan fingerprint density at radius 3 is 2.70 bits per heavy atom. The summed E-state index contributed by atoms with van der Waals surface area (Å²) in [7, 11) is 0. The molecule has 5 nitrogen and oxygen atoms in total. The zero-order valence-electron chi connectivity index (χ0n) is 14.1. The van der Waals surface area contributed by atoms with Crippen LogP contribution in [0, 0.1) is 11.8 Å². The van der Waals surface area contributed by atoms with Crippen LogP contribution in [-0.2, 0) is 4.74 Å². The second kappa shape index (κ2) is 8.34. The number of hydrogen-bond donors (Lipinski definition) is 3. The van der Waals surface area contributed by atoms with E-state index in [1.165, 1.54) is 32.1 Å². The molecule has 5 heteroatoms. The number of rotatable bonds is 5. The van der Waals surface area contributed by atoms with Gasteiger partial charge in [-0.2, -0.15) is 0 Å². The lowest BCUT2D eigenvalue weighted by Crippen LogP contribution is -2.53. The molecule has 0 aromatic heterocycles. The van der Waals surface area contributed by atoms with Crippen LogP contribution in [-0.4, -0.2) is 42.5 Å². The largest absolute Gasteiger partial charge is 0.396 e. The van der Waals surface area contributed by atoms with Crippen molar-refractivity contribution in [1.82, 2.24) is 10.6 Å². The first-order valence-electron chi connectivity index (χ1n) is 9.57. The first-order valence-corrected chi connectivity index (χ1v) is 9.57. The number of nitrogens with one attached hydrogen (secondary N) is 2. The number of amides is 2. The standard InChI is InChI=1S/C18H32N2O3/c21-11-9-15(13-5-2-1-3-6-13)19-18(22)20-16-7-4-8-17-14(16)10-12-23-17/h13-17,21H,1-12H2,(H2,19,20,22). The lowest BCUT2D eigenvalue weighted by Gasteiger charge is -2.35. The third-order valence-electron chi connectivity index (χ3n) is 6.07. The normalized spacial score (nSPS) is 33.0. The van der Waals surface area contributed by atoms with E-state index in [0.717, 1.165) is 32.3 Å². The van der Waals surface area contributed by atoms with Crippen LogP contribution in [0.25, 0.3) is 0 Å². The van der Waals surface area contributed by atoms with E-state index in [0.29, 0.717) is 24.4 Å². The highest BCUT2D eigenvalue weighted by atomic mass is 16.5. The Morgan fingerprint density at radius 2 is 1.91 bits per heavy atom. The van der Waals surface area contributed by atoms with Gasteiger partial charge in [0.25, 0.3) is 0 Å². The smallest absolute Gasteiger partial charge is 0.315 e. The number of carbonyl (C=O) groups is 1. The van der Waals surface area contributed by atoms with E-state index in [1.54, 1.807) is 0 Å². The summed E-state index contributed by atoms with van der Waals surface area (Å²) in [5.41, 5.74) is 0. The molecule has 2 saturated carbocycles. The SMILES string of the molecule is O=C(NC(CCO)C1CCCCC1)NC1CCCC2OCCC12. The van der Waals surface area contributed by atoms with Crippen LogP contribution in [0.4, 0.5) is 4.79 Å². The number of aliphatic hydroxyl groups excluding tert-OH is 1. The quantitative estimate of drug-likeness (QED) is 0.728. The molecule has 4 unspecified atom stereocenters. The Morgan fingerprint density at radius 1 is 1.09 bits per heavy atom. The molecule has 1 heterocycles. The molecule has 2 aliphatic carbocycles. The number of carbonyl (C=O) groups excluding carboxylic acids is 1. The number of aliphatic hydroxyl groups is 1. The molecule has 3 rings (SSSR count). The molecular formula is C18H32N2O3. The van der Waals surface area contributed by atoms with Crippen LogP contribution in [0.15, 0.2) is 0 Å². The molecule has 0 aromatic rings. The average molecular weight is 324 g/mol. The van der Waals surface area contributed by atoms with Gasteiger partial charge >= 0.3 is 6.03 Å². The van der Waals surface area contributed by atoms with Crippen molar-refractivity contribution in [3.05, 3.63) is 0 Å². The third kappa shape index (κ3) is 4.38. The van der Waals surface area contributed by atoms with Gasteiger partial charge in [-0.1, -0.05) is 19.3 Å². The lowest BCUT2D eigenvalue weighted by molar-refractivity contribution is 0.0547. The van der Waals surface area contributed by atoms with Crippen molar-refractivity contribution in [3.63, 3.8) is 0 Å². The summed E-state index contributed by atoms with van der Waals surface area (Å²) >= 11 is 0. The molecule has 4 atom stereocenters. The van der Waals surface area contributed by atoms with Gasteiger partial charge in [-0.05, 0) is 50.9 Å². The minimum Gasteiger partial charge on any atom is -0.396 e. The summed E-state index contributed by atoms with van der Waals surface area (Å²) in [6.45, 7) is 0.980. The number of fused-ring (bicyclic) bond motifs is 1. The van der Waals surface area contributed by atoms with Gasteiger partial charge in [0.1, 0.15) is 0 Å². The molecule has 0 radical (unpaired) electrons. The van der Waals surface area contributed by atoms with Crippen LogP contribution in [0.3, 0.4) is 0 Å². The number of hydrogen-bond acceptors (Lipinski definition) is 3. The zero-order valence-corrected chi connectivity index (χ0v) is 14.1. The first kappa shape index (κ1) is 17.0. The molecule has 23 heavy (non-hydrogen) atoms. The predicted molar refractivity (Wildman–Crippen MR) is 89.2 cm³/mol. The van der Waals surface area contributed by atoms with Crippen molar-refractivity contribution in [2.75, 3.05) is 13.2 Å². The topological polar surface area (TPSA) is 70.6 Å². The van der Waals surface area contributed by atoms with E-state index in [-0.39, 0.29) is 24.7 Å². The molecule has 0 aromatic carbocycles. The molecular weight excluding hydrogens is 292 g/mol. The van der Waals surface area contributed by atoms with E-state index in [2.05, 4.69) is 10.6 Å². The fraction of sp³-hybridized carbons (Fsp3) is 0.944. The van der Waals surface area contributed by atoms with Crippen molar-refractivity contribution in [1.29, 1.82) is 0 Å². The van der Waals surface area contributed by atoms with Crippen molar-refractivity contribution in [3.8, 4) is 0 Å². The number of urea groups is 1. The van der Waals surface area contributed by atoms with Crippen LogP contribution in [0.2, 0.25) is 0 Å². The summed E-state index contributed by atoms with van der Waals surface area (Å²) in [5.74, 6) is 1.01. The van der Waals surface area contributed by atoms with Gasteiger partial charge in [0, 0.05) is 31.2 Å². The highest BCUT2D eigenvalue weighted by Gasteiger charge is 2.38. The second-order valence-corrected chi connectivity index (χ2v) is 7.53. The molecule has 3 fully saturated rings. The van der Waals surface area contributed by atoms with Gasteiger partial charge in [-0.15, -0.1) is 0 Å². The predicted octanol–water partition coefficient (Wildman–Crippen LogP) is 2.57. The monoisotopic (exact) mass is 324 g/mol. The fourth-order valence-corrected chi connectivity index (χ4v) is 4.83. The maximum atomic E-state index is 12.5. The van der Waals surface area contributed by atoms with E-state index < -0.39 is 0 Å². The minimum absolute atomic E-state index is 0.0495. The maximum Gasteiger partial charge on any atom is 0.315 e. The van der Waals surface area contributed by atoms with Gasteiger partial charge in [0.05, 0.1) is 6.10 Å². The van der Waals surface area contributed by atoms with E-state index in [9.17, 15) is 9.90 Å². The molecule has 2 amide bonds. The summed E-state index contributed by atoms with van der Waals surface area (Å²) in [4.78, 5) is 12.5. The van der Waals surface area contributed by atoms with Crippen LogP contribution < -0.4 is 10.6 Å². The first-order chi connectivity index (χ1) is 11.3. The maximum absolute atomic E-state index is 12.5. The fourth-order valence-electron chi connectivity index (χ4n) is 4.83. The highest BCUT2D eigenvalue weighted by molar-refractivity contribution is 5.74. The minimum atomic E-state index is -0.0495. The van der Waals surface area contributed by atoms with E-state index in [4.69, 9.17) is 4.74 Å². The lowest BCUT2D eigenvalue weighted by atomic mass is 9.81. The summed E-state index contributed by atoms with van der Waals surface area (Å²) in [6, 6.07) is 0.309. The molecule has 0 bridgehead atoms. The molecule has 3 aliphatic rings. The average Bonchev–Trinajstić information content (AvgIpc) is 3.05. The third-order valence-corrected chi connectivity index (χ3v) is 6.07. The Kier molecular flexibility index (Phi) is 6.17. The van der Waals surface area contributed by atoms with Crippen molar-refractivity contribution < 1.29 is 14.6 Å². The number of ether oxygens (including phenoxy) is 1. The zero-order chi connectivity index (χ0) is 16.1. The van der Waals surface area contributed by atoms with Crippen molar-refractivity contribution in [2.24, 2.45) is 11.8 Å². The highest BCUT2D eigenvalue weighted by Crippen LogP contribution is 2.34. The van der Waals surface area contributed by atoms with Crippen LogP contribution >= 0.6 is 0 Å². The van der Waals surface area contributed by atoms with Gasteiger partial charge in [-0.3, -0.25) is 0 Å². The van der Waals surface area contributed by atoms with Crippen LogP contribution in [0.5, 0.6) is 0 Å². The Bertz CT molecular complexity index is 384. The Balaban J connectivity index is 1.51. The molecule has 1 saturated heterocycles. The van der Waals surface area contributed by atoms with Gasteiger partial charge in [0.15, 0.2) is 0 Å². The second-order valence-electron chi connectivity index (χ2n) is 7.53. The Hall–Kier alpha value is -0.810. The molecule has 132 valence electrons. The summed E-state index contributed by atoms with van der Waals surface area (Å²) in [6.07, 6.45) is 11.6. The Labute approximate surface area is 139 Å². The molecule has 1 aliphatic heterocycles. The van der Waals surface area contributed by atoms with E-state index >= 15 is 0 Å². The molecule has 3 N–H and O–H groups in total. The van der Waals surface area contributed by atoms with Gasteiger partial charge in [0.2, 0.25) is 0 Å². The van der Waals surface area contributed by atoms with E-state index in [1.807, 2.05) is 0 Å². The summed E-state index contributed by atoms with van der Waals surface area (Å²) < 4.78 is 5.78. The van der Waals surface area contributed by atoms with Gasteiger partial charge < -0.3 is 20.5 Å². The van der Waals surface area contributed by atoms with Crippen LogP contribution in [0.1, 0.15) is 64.2 Å². The van der Waals surface area contributed by atoms with Gasteiger partial charge in [-0.25, -0.2) is 4.79 Å².